The van der Waals surface area contributed by atoms with Gasteiger partial charge in [0.2, 0.25) is 27.7 Å². The second-order valence-corrected chi connectivity index (χ2v) is 21.0. The van der Waals surface area contributed by atoms with E-state index in [4.69, 9.17) is 21.4 Å². The van der Waals surface area contributed by atoms with Crippen molar-refractivity contribution in [3.05, 3.63) is 100 Å². The number of imide groups is 1. The molecule has 352 valence electrons. The van der Waals surface area contributed by atoms with Gasteiger partial charge in [0.15, 0.2) is 6.61 Å². The number of allylic oxidation sites excluding steroid dienone is 4. The van der Waals surface area contributed by atoms with Crippen molar-refractivity contribution in [1.29, 1.82) is 0 Å². The summed E-state index contributed by atoms with van der Waals surface area (Å²) < 4.78 is 35.6. The first kappa shape index (κ1) is 49.9. The molecule has 2 aromatic carbocycles. The number of anilines is 2. The number of aliphatic carboxylic acids is 2. The highest BCUT2D eigenvalue weighted by atomic mass is 35.5. The molecule has 16 nitrogen and oxygen atoms in total. The van der Waals surface area contributed by atoms with Gasteiger partial charge in [0, 0.05) is 54.6 Å². The first-order valence-corrected chi connectivity index (χ1v) is 25.3. The van der Waals surface area contributed by atoms with Gasteiger partial charge < -0.3 is 30.9 Å². The van der Waals surface area contributed by atoms with Crippen LogP contribution in [0, 0.1) is 17.8 Å². The number of carbonyl (C=O) groups excluding carboxylic acids is 4. The van der Waals surface area contributed by atoms with Crippen LogP contribution in [0.4, 0.5) is 11.4 Å². The topological polar surface area (TPSA) is 238 Å². The summed E-state index contributed by atoms with van der Waals surface area (Å²) in [5, 5.41) is 30.4. The number of nitrogens with one attached hydrogen (secondary N) is 4. The smallest absolute Gasteiger partial charge is 0.341 e. The van der Waals surface area contributed by atoms with E-state index >= 15 is 0 Å². The molecule has 0 bridgehead atoms. The van der Waals surface area contributed by atoms with Crippen LogP contribution < -0.4 is 21.3 Å². The quantitative estimate of drug-likeness (QED) is 0.0379. The van der Waals surface area contributed by atoms with Crippen LogP contribution in [0.15, 0.2) is 89.2 Å². The molecule has 2 aromatic rings. The fraction of sp³-hybridized carbons (Fsp3) is 0.447. The molecular formula is C47H56ClN5O11SSi. The van der Waals surface area contributed by atoms with Crippen molar-refractivity contribution in [3.8, 4) is 0 Å². The van der Waals surface area contributed by atoms with E-state index in [1.54, 1.807) is 46.8 Å². The van der Waals surface area contributed by atoms with E-state index in [0.29, 0.717) is 82.2 Å². The maximum Gasteiger partial charge on any atom is 0.341 e. The summed E-state index contributed by atoms with van der Waals surface area (Å²) in [6.45, 7) is 5.49. The third kappa shape index (κ3) is 12.1. The summed E-state index contributed by atoms with van der Waals surface area (Å²) in [4.78, 5) is 75.3. The summed E-state index contributed by atoms with van der Waals surface area (Å²) >= 11 is 6.57. The number of benzene rings is 2. The monoisotopic (exact) mass is 961 g/mol. The average molecular weight is 963 g/mol. The highest BCUT2D eigenvalue weighted by Crippen LogP contribution is 2.49. The van der Waals surface area contributed by atoms with Crippen LogP contribution in [0.25, 0.3) is 5.57 Å². The van der Waals surface area contributed by atoms with Gasteiger partial charge in [0.1, 0.15) is 5.76 Å². The third-order valence-electron chi connectivity index (χ3n) is 12.5. The number of carboxylic acids is 2. The SMILES string of the molecule is C=CCC(CC(C(=O)NC)C1CCC(=O)NC1=O)/C(=C\CCC)C(=O)Nc1cccc(CS(=O)(=O)N2CC[Si][C@H](Nc3cccc(C4=C(Cl)C(OCC(=O)O)=C(C(=O)O)C4)c3)CC23CC3)c1. The number of hydrogen-bond acceptors (Lipinski definition) is 10. The van der Waals surface area contributed by atoms with Crippen molar-refractivity contribution < 1.29 is 52.1 Å². The molecule has 2 saturated heterocycles. The Bertz CT molecular complexity index is 2470. The fourth-order valence-electron chi connectivity index (χ4n) is 9.12. The van der Waals surface area contributed by atoms with E-state index < -0.39 is 63.7 Å². The lowest BCUT2D eigenvalue weighted by Crippen LogP contribution is -2.47. The molecule has 19 heteroatoms. The Labute approximate surface area is 392 Å². The molecule has 2 aliphatic carbocycles. The van der Waals surface area contributed by atoms with Crippen LogP contribution in [-0.2, 0) is 49.3 Å². The normalized spacial score (nSPS) is 20.8. The van der Waals surface area contributed by atoms with E-state index in [1.165, 1.54) is 7.05 Å². The zero-order valence-corrected chi connectivity index (χ0v) is 39.6. The Hall–Kier alpha value is -5.56. The highest BCUT2D eigenvalue weighted by molar-refractivity contribution is 7.88. The minimum atomic E-state index is -3.83. The number of sulfonamides is 1. The van der Waals surface area contributed by atoms with Crippen LogP contribution in [0.5, 0.6) is 0 Å². The van der Waals surface area contributed by atoms with Crippen molar-refractivity contribution in [2.24, 2.45) is 17.8 Å². The number of hydrogen-bond donors (Lipinski definition) is 6. The van der Waals surface area contributed by atoms with Crippen molar-refractivity contribution >= 4 is 83.7 Å². The predicted octanol–water partition coefficient (Wildman–Crippen LogP) is 5.77. The summed E-state index contributed by atoms with van der Waals surface area (Å²) in [5.41, 5.74) is 2.46. The lowest BCUT2D eigenvalue weighted by atomic mass is 9.76. The number of unbranched alkanes of at least 4 members (excludes halogenated alkanes) is 1. The molecule has 3 unspecified atom stereocenters. The number of carbonyl (C=O) groups is 6. The van der Waals surface area contributed by atoms with Gasteiger partial charge in [-0.3, -0.25) is 24.5 Å². The third-order valence-corrected chi connectivity index (χ3v) is 16.1. The van der Waals surface area contributed by atoms with Crippen molar-refractivity contribution in [3.63, 3.8) is 0 Å². The van der Waals surface area contributed by atoms with Gasteiger partial charge in [-0.05, 0) is 97.9 Å². The van der Waals surface area contributed by atoms with Gasteiger partial charge in [-0.1, -0.05) is 61.4 Å². The number of piperidine rings is 1. The van der Waals surface area contributed by atoms with Crippen LogP contribution >= 0.6 is 11.6 Å². The number of ether oxygens (including phenoxy) is 1. The summed E-state index contributed by atoms with van der Waals surface area (Å²) in [6.07, 6.45) is 7.61. The van der Waals surface area contributed by atoms with Crippen LogP contribution in [0.1, 0.15) is 82.3 Å². The molecule has 1 spiro atoms. The molecular weight excluding hydrogens is 906 g/mol. The Morgan fingerprint density at radius 1 is 1.11 bits per heavy atom. The molecule has 2 radical (unpaired) electrons. The second kappa shape index (κ2) is 21.8. The minimum absolute atomic E-state index is 0.0368. The molecule has 4 atom stereocenters. The Morgan fingerprint density at radius 3 is 2.52 bits per heavy atom. The van der Waals surface area contributed by atoms with Crippen molar-refractivity contribution in [2.75, 3.05) is 30.8 Å². The van der Waals surface area contributed by atoms with Crippen LogP contribution in [0.3, 0.4) is 0 Å². The number of nitrogens with zero attached hydrogens (tertiary/aromatic N) is 1. The number of rotatable bonds is 21. The largest absolute Gasteiger partial charge is 0.480 e. The molecule has 2 heterocycles. The van der Waals surface area contributed by atoms with E-state index in [0.717, 1.165) is 12.1 Å². The van der Waals surface area contributed by atoms with Crippen LogP contribution in [0.2, 0.25) is 6.04 Å². The van der Waals surface area contributed by atoms with E-state index in [9.17, 15) is 42.3 Å². The van der Waals surface area contributed by atoms with Crippen molar-refractivity contribution in [1.82, 2.24) is 14.9 Å². The number of amides is 4. The van der Waals surface area contributed by atoms with Gasteiger partial charge in [-0.15, -0.1) is 6.58 Å². The first-order valence-electron chi connectivity index (χ1n) is 22.1. The Balaban J connectivity index is 1.13. The number of halogens is 1. The Kier molecular flexibility index (Phi) is 16.5. The van der Waals surface area contributed by atoms with E-state index in [-0.39, 0.29) is 65.3 Å². The molecule has 4 amide bonds. The minimum Gasteiger partial charge on any atom is -0.480 e. The maximum absolute atomic E-state index is 14.3. The molecule has 3 fully saturated rings. The fourth-order valence-corrected chi connectivity index (χ4v) is 13.1. The van der Waals surface area contributed by atoms with Crippen LogP contribution in [-0.4, -0.2) is 99.4 Å². The van der Waals surface area contributed by atoms with Crippen molar-refractivity contribution in [2.45, 2.75) is 94.1 Å². The number of carboxylic acid groups (broad SMARTS) is 2. The molecule has 0 aromatic heterocycles. The lowest BCUT2D eigenvalue weighted by molar-refractivity contribution is -0.142. The lowest BCUT2D eigenvalue weighted by Gasteiger charge is -2.31. The summed E-state index contributed by atoms with van der Waals surface area (Å²) in [6, 6.07) is 14.7. The molecule has 66 heavy (non-hydrogen) atoms. The van der Waals surface area contributed by atoms with E-state index in [1.807, 2.05) is 25.1 Å². The second-order valence-electron chi connectivity index (χ2n) is 17.1. The highest BCUT2D eigenvalue weighted by Gasteiger charge is 2.54. The van der Waals surface area contributed by atoms with Gasteiger partial charge in [-0.25, -0.2) is 18.0 Å². The predicted molar refractivity (Wildman–Crippen MR) is 250 cm³/mol. The maximum atomic E-state index is 14.3. The molecule has 1 saturated carbocycles. The van der Waals surface area contributed by atoms with E-state index in [2.05, 4.69) is 27.8 Å². The molecule has 4 aliphatic rings. The van der Waals surface area contributed by atoms with Gasteiger partial charge in [0.05, 0.1) is 37.7 Å². The van der Waals surface area contributed by atoms with Gasteiger partial charge >= 0.3 is 11.9 Å². The Morgan fingerprint density at radius 2 is 1.85 bits per heavy atom. The molecule has 6 N–H and O–H groups in total. The molecule has 2 aliphatic heterocycles. The standard InChI is InChI=1S/C47H56ClN5O11SSi/c1-4-6-14-33(29(9-5-2)23-36(43(57)49-3)34-15-16-38(54)52-45(34)59)44(58)51-31-12-7-10-28(21-31)27-65(62,63)53-19-20-66-39(25-47(53)17-18-47)50-32-13-8-11-30(22-32)35-24-37(46(60)61)42(41(35)48)64-26-40(55)56/h5,7-8,10-14,21-22,29,34,36,39,50H,2,4,6,9,15-20,23-27H2,1,3H3,(H,49,57)(H,51,58)(H,55,56)(H,60,61)(H,52,54,59)/b33-14+/t29?,34?,36?,39-/m0/s1. The van der Waals surface area contributed by atoms with Gasteiger partial charge in [0.25, 0.3) is 5.91 Å². The first-order chi connectivity index (χ1) is 31.5. The average Bonchev–Trinajstić information content (AvgIpc) is 3.99. The van der Waals surface area contributed by atoms with Gasteiger partial charge in [-0.2, -0.15) is 4.31 Å². The summed E-state index contributed by atoms with van der Waals surface area (Å²) in [7, 11) is -1.95. The summed E-state index contributed by atoms with van der Waals surface area (Å²) in [5.74, 6) is -6.68. The molecule has 6 rings (SSSR count). The zero-order valence-electron chi connectivity index (χ0n) is 37.0. The zero-order chi connectivity index (χ0) is 47.8.